The van der Waals surface area contributed by atoms with Crippen molar-refractivity contribution in [1.82, 2.24) is 20.5 Å². The summed E-state index contributed by atoms with van der Waals surface area (Å²) in [4.78, 5) is 18.1. The third-order valence-electron chi connectivity index (χ3n) is 4.06. The number of carbonyl (C=O) groups is 1. The van der Waals surface area contributed by atoms with Crippen LogP contribution in [0.25, 0.3) is 0 Å². The molecular formula is C16H25ClN4O2. The number of hydrogen-bond acceptors (Lipinski definition) is 4. The van der Waals surface area contributed by atoms with Crippen LogP contribution in [0.4, 0.5) is 4.79 Å². The molecule has 2 heterocycles. The van der Waals surface area contributed by atoms with Gasteiger partial charge in [-0.3, -0.25) is 4.98 Å². The zero-order valence-corrected chi connectivity index (χ0v) is 14.2. The lowest BCUT2D eigenvalue weighted by Gasteiger charge is -2.31. The molecule has 1 aromatic rings. The number of nitrogens with one attached hydrogen (secondary N) is 2. The van der Waals surface area contributed by atoms with Crippen LogP contribution < -0.4 is 10.6 Å². The van der Waals surface area contributed by atoms with E-state index in [1.165, 1.54) is 12.8 Å². The molecule has 0 aliphatic carbocycles. The van der Waals surface area contributed by atoms with E-state index in [0.717, 1.165) is 24.7 Å². The van der Waals surface area contributed by atoms with Gasteiger partial charge in [0.2, 0.25) is 0 Å². The van der Waals surface area contributed by atoms with Gasteiger partial charge in [0, 0.05) is 19.3 Å². The van der Waals surface area contributed by atoms with Crippen LogP contribution in [-0.2, 0) is 6.54 Å². The number of aromatic nitrogens is 1. The Labute approximate surface area is 142 Å². The molecule has 2 rings (SSSR count). The molecule has 0 radical (unpaired) electrons. The Morgan fingerprint density at radius 1 is 1.43 bits per heavy atom. The fraction of sp³-hybridized carbons (Fsp3) is 0.625. The number of halogens is 1. The number of hydrogen-bond donors (Lipinski definition) is 3. The van der Waals surface area contributed by atoms with E-state index in [0.29, 0.717) is 18.1 Å². The summed E-state index contributed by atoms with van der Waals surface area (Å²) in [6, 6.07) is 3.18. The van der Waals surface area contributed by atoms with Crippen molar-refractivity contribution in [3.05, 3.63) is 29.0 Å². The normalized spacial score (nSPS) is 17.7. The number of β-amino-alcohol motifs (C(OH)–C–C–N with tert-alkyl or cyclic N) is 1. The van der Waals surface area contributed by atoms with E-state index in [4.69, 9.17) is 11.6 Å². The number of rotatable bonds is 6. The van der Waals surface area contributed by atoms with Crippen LogP contribution in [0.3, 0.4) is 0 Å². The molecular weight excluding hydrogens is 316 g/mol. The maximum Gasteiger partial charge on any atom is 0.315 e. The van der Waals surface area contributed by atoms with Crippen LogP contribution >= 0.6 is 11.6 Å². The van der Waals surface area contributed by atoms with Crippen LogP contribution in [0.1, 0.15) is 25.5 Å². The van der Waals surface area contributed by atoms with Gasteiger partial charge >= 0.3 is 6.03 Å². The van der Waals surface area contributed by atoms with Crippen LogP contribution in [0.5, 0.6) is 0 Å². The van der Waals surface area contributed by atoms with Crippen LogP contribution in [-0.4, -0.2) is 53.3 Å². The molecule has 0 aromatic carbocycles. The molecule has 0 saturated carbocycles. The maximum atomic E-state index is 11.7. The number of carbonyl (C=O) groups excluding carboxylic acids is 1. The number of urea groups is 1. The first-order valence-corrected chi connectivity index (χ1v) is 8.43. The topological polar surface area (TPSA) is 77.5 Å². The molecule has 3 N–H and O–H groups in total. The van der Waals surface area contributed by atoms with Crippen molar-refractivity contribution >= 4 is 17.6 Å². The molecule has 1 saturated heterocycles. The average molecular weight is 341 g/mol. The highest BCUT2D eigenvalue weighted by atomic mass is 35.5. The molecule has 1 aliphatic heterocycles. The molecule has 7 heteroatoms. The second-order valence-corrected chi connectivity index (χ2v) is 6.60. The first-order valence-electron chi connectivity index (χ1n) is 8.05. The SMILES string of the molecule is CC1CCN(CC(O)CNC(=O)NCc2ccc(Cl)cn2)CC1. The standard InChI is InChI=1S/C16H25ClN4O2/c1-12-4-6-21(7-5-12)11-15(22)10-20-16(23)19-9-14-3-2-13(17)8-18-14/h2-3,8,12,15,22H,4-7,9-11H2,1H3,(H2,19,20,23). The Balaban J connectivity index is 1.60. The number of nitrogens with zero attached hydrogens (tertiary/aromatic N) is 2. The van der Waals surface area contributed by atoms with Crippen molar-refractivity contribution in [2.75, 3.05) is 26.2 Å². The van der Waals surface area contributed by atoms with Gasteiger partial charge in [-0.15, -0.1) is 0 Å². The summed E-state index contributed by atoms with van der Waals surface area (Å²) in [6.07, 6.45) is 3.34. The van der Waals surface area contributed by atoms with Gasteiger partial charge in [-0.25, -0.2) is 4.79 Å². The lowest BCUT2D eigenvalue weighted by atomic mass is 9.99. The quantitative estimate of drug-likeness (QED) is 0.735. The predicted molar refractivity (Wildman–Crippen MR) is 90.3 cm³/mol. The van der Waals surface area contributed by atoms with Gasteiger partial charge in [0.25, 0.3) is 0 Å². The molecule has 0 spiro atoms. The fourth-order valence-electron chi connectivity index (χ4n) is 2.56. The largest absolute Gasteiger partial charge is 0.390 e. The molecule has 23 heavy (non-hydrogen) atoms. The summed E-state index contributed by atoms with van der Waals surface area (Å²) < 4.78 is 0. The highest BCUT2D eigenvalue weighted by Gasteiger charge is 2.18. The summed E-state index contributed by atoms with van der Waals surface area (Å²) in [5, 5.41) is 16.0. The van der Waals surface area contributed by atoms with Crippen molar-refractivity contribution in [3.8, 4) is 0 Å². The summed E-state index contributed by atoms with van der Waals surface area (Å²) in [6.45, 7) is 5.47. The molecule has 1 aliphatic rings. The van der Waals surface area contributed by atoms with Gasteiger partial charge in [-0.05, 0) is 44.0 Å². The van der Waals surface area contributed by atoms with Crippen LogP contribution in [0.15, 0.2) is 18.3 Å². The van der Waals surface area contributed by atoms with E-state index in [9.17, 15) is 9.90 Å². The van der Waals surface area contributed by atoms with E-state index < -0.39 is 6.10 Å². The minimum absolute atomic E-state index is 0.242. The summed E-state index contributed by atoms with van der Waals surface area (Å²) in [7, 11) is 0. The Bertz CT molecular complexity index is 489. The molecule has 1 aromatic heterocycles. The van der Waals surface area contributed by atoms with Gasteiger partial charge < -0.3 is 20.6 Å². The zero-order valence-electron chi connectivity index (χ0n) is 13.5. The summed E-state index contributed by atoms with van der Waals surface area (Å²) >= 11 is 5.75. The molecule has 128 valence electrons. The lowest BCUT2D eigenvalue weighted by molar-refractivity contribution is 0.0920. The number of pyridine rings is 1. The molecule has 1 fully saturated rings. The van der Waals surface area contributed by atoms with Crippen LogP contribution in [0.2, 0.25) is 5.02 Å². The fourth-order valence-corrected chi connectivity index (χ4v) is 2.67. The Hall–Kier alpha value is -1.37. The second-order valence-electron chi connectivity index (χ2n) is 6.17. The van der Waals surface area contributed by atoms with Gasteiger partial charge in [0.05, 0.1) is 23.4 Å². The monoisotopic (exact) mass is 340 g/mol. The summed E-state index contributed by atoms with van der Waals surface area (Å²) in [5.41, 5.74) is 0.729. The number of aliphatic hydroxyl groups excluding tert-OH is 1. The lowest BCUT2D eigenvalue weighted by Crippen LogP contribution is -2.45. The van der Waals surface area contributed by atoms with Gasteiger partial charge in [0.1, 0.15) is 0 Å². The Kier molecular flexibility index (Phi) is 7.08. The van der Waals surface area contributed by atoms with Gasteiger partial charge in [-0.2, -0.15) is 0 Å². The highest BCUT2D eigenvalue weighted by Crippen LogP contribution is 2.15. The number of aliphatic hydroxyl groups is 1. The van der Waals surface area contributed by atoms with Crippen LogP contribution in [0, 0.1) is 5.92 Å². The molecule has 2 amide bonds. The van der Waals surface area contributed by atoms with Crippen molar-refractivity contribution in [3.63, 3.8) is 0 Å². The van der Waals surface area contributed by atoms with Crippen molar-refractivity contribution < 1.29 is 9.90 Å². The summed E-state index contributed by atoms with van der Waals surface area (Å²) in [5.74, 6) is 0.772. The average Bonchev–Trinajstić information content (AvgIpc) is 2.54. The zero-order chi connectivity index (χ0) is 16.7. The van der Waals surface area contributed by atoms with Gasteiger partial charge in [0.15, 0.2) is 0 Å². The van der Waals surface area contributed by atoms with E-state index in [1.807, 2.05) is 0 Å². The Morgan fingerprint density at radius 2 is 2.17 bits per heavy atom. The molecule has 1 unspecified atom stereocenters. The first kappa shape index (κ1) is 18.0. The predicted octanol–water partition coefficient (Wildman–Crippen LogP) is 1.63. The highest BCUT2D eigenvalue weighted by molar-refractivity contribution is 6.30. The smallest absolute Gasteiger partial charge is 0.315 e. The second kappa shape index (κ2) is 9.05. The third-order valence-corrected chi connectivity index (χ3v) is 4.29. The van der Waals surface area contributed by atoms with Crippen molar-refractivity contribution in [2.45, 2.75) is 32.4 Å². The van der Waals surface area contributed by atoms with E-state index >= 15 is 0 Å². The number of likely N-dealkylation sites (tertiary alicyclic amines) is 1. The molecule has 1 atom stereocenters. The van der Waals surface area contributed by atoms with E-state index in [-0.39, 0.29) is 12.6 Å². The minimum Gasteiger partial charge on any atom is -0.390 e. The van der Waals surface area contributed by atoms with Gasteiger partial charge in [-0.1, -0.05) is 18.5 Å². The van der Waals surface area contributed by atoms with E-state index in [1.54, 1.807) is 18.3 Å². The minimum atomic E-state index is -0.553. The molecule has 6 nitrogen and oxygen atoms in total. The number of amides is 2. The first-order chi connectivity index (χ1) is 11.0. The maximum absolute atomic E-state index is 11.7. The van der Waals surface area contributed by atoms with Crippen molar-refractivity contribution in [2.24, 2.45) is 5.92 Å². The molecule has 0 bridgehead atoms. The number of piperidine rings is 1. The Morgan fingerprint density at radius 3 is 2.83 bits per heavy atom. The van der Waals surface area contributed by atoms with Crippen molar-refractivity contribution in [1.29, 1.82) is 0 Å². The third kappa shape index (κ3) is 6.72. The van der Waals surface area contributed by atoms with E-state index in [2.05, 4.69) is 27.4 Å².